The van der Waals surface area contributed by atoms with E-state index in [1.54, 1.807) is 0 Å². The number of nitrogens with one attached hydrogen (secondary N) is 2. The lowest BCUT2D eigenvalue weighted by Gasteiger charge is -2.04. The van der Waals surface area contributed by atoms with Crippen molar-refractivity contribution in [2.24, 2.45) is 0 Å². The van der Waals surface area contributed by atoms with E-state index in [9.17, 15) is 13.2 Å². The number of nitrogens with zero attached hydrogens (tertiary/aromatic N) is 1. The minimum Gasteiger partial charge on any atom is -0.341 e. The number of urea groups is 1. The first-order chi connectivity index (χ1) is 6.93. The molecule has 6 nitrogen and oxygen atoms in total. The summed E-state index contributed by atoms with van der Waals surface area (Å²) in [6.45, 7) is 0. The number of amides is 2. The van der Waals surface area contributed by atoms with Crippen LogP contribution in [0, 0.1) is 0 Å². The molecule has 2 N–H and O–H groups in total. The van der Waals surface area contributed by atoms with Crippen LogP contribution in [0.3, 0.4) is 0 Å². The Morgan fingerprint density at radius 1 is 1.47 bits per heavy atom. The molecule has 0 atom stereocenters. The highest BCUT2D eigenvalue weighted by Gasteiger charge is 2.09. The molecule has 1 aromatic rings. The Kier molecular flexibility index (Phi) is 3.25. The van der Waals surface area contributed by atoms with Crippen LogP contribution in [0.1, 0.15) is 0 Å². The zero-order valence-electron chi connectivity index (χ0n) is 8.31. The van der Waals surface area contributed by atoms with Gasteiger partial charge < -0.3 is 10.6 Å². The van der Waals surface area contributed by atoms with Gasteiger partial charge in [-0.15, -0.1) is 0 Å². The lowest BCUT2D eigenvalue weighted by atomic mass is 10.4. The minimum absolute atomic E-state index is 0.0728. The van der Waals surface area contributed by atoms with Crippen molar-refractivity contribution in [2.75, 3.05) is 18.6 Å². The van der Waals surface area contributed by atoms with Gasteiger partial charge in [0.15, 0.2) is 14.9 Å². The molecule has 0 bridgehead atoms. The lowest BCUT2D eigenvalue weighted by molar-refractivity contribution is 0.254. The van der Waals surface area contributed by atoms with E-state index in [2.05, 4.69) is 15.6 Å². The van der Waals surface area contributed by atoms with Crippen molar-refractivity contribution in [3.8, 4) is 0 Å². The molecule has 15 heavy (non-hydrogen) atoms. The molecule has 0 fully saturated rings. The van der Waals surface area contributed by atoms with Crippen LogP contribution in [-0.4, -0.2) is 32.7 Å². The third-order valence-electron chi connectivity index (χ3n) is 1.60. The Morgan fingerprint density at radius 3 is 2.67 bits per heavy atom. The minimum atomic E-state index is -3.35. The lowest BCUT2D eigenvalue weighted by Crippen LogP contribution is -2.24. The first-order valence-corrected chi connectivity index (χ1v) is 5.97. The topological polar surface area (TPSA) is 88.2 Å². The third-order valence-corrected chi connectivity index (χ3v) is 2.58. The number of carbonyl (C=O) groups excluding carboxylic acids is 1. The van der Waals surface area contributed by atoms with Crippen LogP contribution in [0.2, 0.25) is 0 Å². The fourth-order valence-corrected chi connectivity index (χ4v) is 1.48. The summed E-state index contributed by atoms with van der Waals surface area (Å²) >= 11 is 0. The molecule has 0 aliphatic heterocycles. The van der Waals surface area contributed by atoms with Crippen LogP contribution in [0.5, 0.6) is 0 Å². The van der Waals surface area contributed by atoms with Gasteiger partial charge in [0.05, 0.1) is 0 Å². The maximum atomic E-state index is 11.1. The number of pyridine rings is 1. The average Bonchev–Trinajstić information content (AvgIpc) is 2.17. The van der Waals surface area contributed by atoms with Crippen molar-refractivity contribution in [1.82, 2.24) is 10.3 Å². The highest BCUT2D eigenvalue weighted by Crippen LogP contribution is 2.11. The van der Waals surface area contributed by atoms with E-state index in [0.717, 1.165) is 6.26 Å². The Balaban J connectivity index is 2.99. The molecular weight excluding hydrogens is 218 g/mol. The number of hydrogen-bond donors (Lipinski definition) is 2. The molecule has 1 heterocycles. The molecule has 1 aromatic heterocycles. The van der Waals surface area contributed by atoms with Crippen molar-refractivity contribution in [2.45, 2.75) is 5.03 Å². The second-order valence-electron chi connectivity index (χ2n) is 2.86. The molecule has 2 amide bonds. The van der Waals surface area contributed by atoms with Gasteiger partial charge in [0, 0.05) is 25.2 Å². The maximum absolute atomic E-state index is 11.1. The van der Waals surface area contributed by atoms with Gasteiger partial charge in [0.25, 0.3) is 0 Å². The second-order valence-corrected chi connectivity index (χ2v) is 4.82. The summed E-state index contributed by atoms with van der Waals surface area (Å²) in [7, 11) is -1.88. The van der Waals surface area contributed by atoms with Gasteiger partial charge in [0.1, 0.15) is 0 Å². The first-order valence-electron chi connectivity index (χ1n) is 4.08. The zero-order chi connectivity index (χ0) is 11.5. The third kappa shape index (κ3) is 3.21. The van der Waals surface area contributed by atoms with E-state index in [-0.39, 0.29) is 5.03 Å². The molecule has 82 valence electrons. The van der Waals surface area contributed by atoms with Gasteiger partial charge >= 0.3 is 6.03 Å². The molecule has 0 saturated carbocycles. The smallest absolute Gasteiger partial charge is 0.318 e. The van der Waals surface area contributed by atoms with Gasteiger partial charge in [-0.3, -0.25) is 0 Å². The summed E-state index contributed by atoms with van der Waals surface area (Å²) in [6.07, 6.45) is 2.38. The van der Waals surface area contributed by atoms with E-state index in [0.29, 0.717) is 5.69 Å². The Morgan fingerprint density at radius 2 is 2.13 bits per heavy atom. The van der Waals surface area contributed by atoms with Crippen LogP contribution >= 0.6 is 0 Å². The largest absolute Gasteiger partial charge is 0.341 e. The molecule has 7 heteroatoms. The van der Waals surface area contributed by atoms with Gasteiger partial charge in [-0.25, -0.2) is 18.2 Å². The molecule has 0 spiro atoms. The van der Waals surface area contributed by atoms with Crippen LogP contribution in [0.4, 0.5) is 10.5 Å². The zero-order valence-corrected chi connectivity index (χ0v) is 9.13. The maximum Gasteiger partial charge on any atom is 0.318 e. The molecule has 0 radical (unpaired) electrons. The quantitative estimate of drug-likeness (QED) is 0.760. The second kappa shape index (κ2) is 4.26. The summed E-state index contributed by atoms with van der Waals surface area (Å²) in [5.41, 5.74) is 0.379. The molecule has 0 aliphatic carbocycles. The highest BCUT2D eigenvalue weighted by atomic mass is 32.2. The standard InChI is InChI=1S/C8H11N3O3S/c1-9-8(12)11-6-3-4-10-7(5-6)15(2,13)14/h3-5H,1-2H3,(H2,9,10,11,12). The van der Waals surface area contributed by atoms with E-state index in [1.807, 2.05) is 0 Å². The molecule has 1 rings (SSSR count). The van der Waals surface area contributed by atoms with Crippen molar-refractivity contribution in [1.29, 1.82) is 0 Å². The average molecular weight is 229 g/mol. The van der Waals surface area contributed by atoms with Crippen LogP contribution in [0.25, 0.3) is 0 Å². The molecule has 0 aliphatic rings. The number of aromatic nitrogens is 1. The Hall–Kier alpha value is -1.63. The fourth-order valence-electron chi connectivity index (χ4n) is 0.884. The predicted molar refractivity (Wildman–Crippen MR) is 55.4 cm³/mol. The monoisotopic (exact) mass is 229 g/mol. The molecular formula is C8H11N3O3S. The summed E-state index contributed by atoms with van der Waals surface area (Å²) in [5.74, 6) is 0. The van der Waals surface area contributed by atoms with Crippen molar-refractivity contribution < 1.29 is 13.2 Å². The Labute approximate surface area is 87.6 Å². The van der Waals surface area contributed by atoms with Crippen molar-refractivity contribution >= 4 is 21.6 Å². The number of anilines is 1. The molecule has 0 saturated heterocycles. The van der Waals surface area contributed by atoms with Crippen LogP contribution in [-0.2, 0) is 9.84 Å². The number of carbonyl (C=O) groups is 1. The normalized spacial score (nSPS) is 10.8. The van der Waals surface area contributed by atoms with Crippen molar-refractivity contribution in [3.05, 3.63) is 18.3 Å². The van der Waals surface area contributed by atoms with Gasteiger partial charge in [-0.1, -0.05) is 0 Å². The van der Waals surface area contributed by atoms with E-state index in [4.69, 9.17) is 0 Å². The number of sulfone groups is 1. The highest BCUT2D eigenvalue weighted by molar-refractivity contribution is 7.90. The summed E-state index contributed by atoms with van der Waals surface area (Å²) in [5, 5.41) is 4.73. The fraction of sp³-hybridized carbons (Fsp3) is 0.250. The van der Waals surface area contributed by atoms with Crippen molar-refractivity contribution in [3.63, 3.8) is 0 Å². The van der Waals surface area contributed by atoms with Gasteiger partial charge in [-0.05, 0) is 12.1 Å². The van der Waals surface area contributed by atoms with Gasteiger partial charge in [-0.2, -0.15) is 0 Å². The first kappa shape index (κ1) is 11.4. The van der Waals surface area contributed by atoms with E-state index >= 15 is 0 Å². The summed E-state index contributed by atoms with van der Waals surface area (Å²) < 4.78 is 22.3. The van der Waals surface area contributed by atoms with Crippen LogP contribution in [0.15, 0.2) is 23.4 Å². The van der Waals surface area contributed by atoms with E-state index in [1.165, 1.54) is 25.4 Å². The van der Waals surface area contributed by atoms with E-state index < -0.39 is 15.9 Å². The summed E-state index contributed by atoms with van der Waals surface area (Å²) in [6, 6.07) is 2.38. The Bertz CT molecular complexity index is 470. The van der Waals surface area contributed by atoms with Crippen LogP contribution < -0.4 is 10.6 Å². The molecule has 0 unspecified atom stereocenters. The SMILES string of the molecule is CNC(=O)Nc1ccnc(S(C)(=O)=O)c1. The molecule has 0 aromatic carbocycles. The number of hydrogen-bond acceptors (Lipinski definition) is 4. The predicted octanol–water partition coefficient (Wildman–Crippen LogP) is 0.236. The summed E-state index contributed by atoms with van der Waals surface area (Å²) in [4.78, 5) is 14.6. The van der Waals surface area contributed by atoms with Gasteiger partial charge in [0.2, 0.25) is 0 Å². The number of rotatable bonds is 2.